The van der Waals surface area contributed by atoms with E-state index in [1.165, 1.54) is 0 Å². The lowest BCUT2D eigenvalue weighted by atomic mass is 9.66. The first-order valence-electron chi connectivity index (χ1n) is 16.0. The molecule has 2 bridgehead atoms. The van der Waals surface area contributed by atoms with Gasteiger partial charge in [-0.1, -0.05) is 69.7 Å². The zero-order valence-corrected chi connectivity index (χ0v) is 26.7. The highest BCUT2D eigenvalue weighted by Gasteiger charge is 2.79. The van der Waals surface area contributed by atoms with Crippen molar-refractivity contribution in [2.75, 3.05) is 19.7 Å². The Morgan fingerprint density at radius 3 is 2.37 bits per heavy atom. The van der Waals surface area contributed by atoms with Crippen LogP contribution in [-0.4, -0.2) is 86.6 Å². The van der Waals surface area contributed by atoms with Gasteiger partial charge in [-0.3, -0.25) is 14.4 Å². The highest BCUT2D eigenvalue weighted by molar-refractivity contribution is 5.99. The summed E-state index contributed by atoms with van der Waals surface area (Å²) in [5.74, 6) is -2.00. The second-order valence-corrected chi connectivity index (χ2v) is 13.3. The molecule has 7 atom stereocenters. The number of rotatable bonds is 15. The van der Waals surface area contributed by atoms with E-state index in [0.29, 0.717) is 38.9 Å². The molecular weight excluding hydrogens is 542 g/mol. The molecule has 3 heterocycles. The molecule has 1 aromatic rings. The molecule has 0 radical (unpaired) electrons. The monoisotopic (exact) mass is 593 g/mol. The fourth-order valence-corrected chi connectivity index (χ4v) is 7.98. The molecule has 1 aromatic carbocycles. The molecule has 3 aliphatic heterocycles. The summed E-state index contributed by atoms with van der Waals surface area (Å²) >= 11 is 0. The van der Waals surface area contributed by atoms with E-state index in [2.05, 4.69) is 20.1 Å². The molecule has 8 nitrogen and oxygen atoms in total. The second kappa shape index (κ2) is 13.3. The summed E-state index contributed by atoms with van der Waals surface area (Å²) < 4.78 is 6.89. The van der Waals surface area contributed by atoms with Gasteiger partial charge >= 0.3 is 0 Å². The highest BCUT2D eigenvalue weighted by atomic mass is 16.5. The Morgan fingerprint density at radius 2 is 1.79 bits per heavy atom. The van der Waals surface area contributed by atoms with E-state index in [1.54, 1.807) is 26.9 Å². The Labute approximate surface area is 257 Å². The van der Waals surface area contributed by atoms with Gasteiger partial charge in [0.25, 0.3) is 0 Å². The normalized spacial score (nSPS) is 29.0. The van der Waals surface area contributed by atoms with Crippen LogP contribution in [0.4, 0.5) is 0 Å². The van der Waals surface area contributed by atoms with E-state index < -0.39 is 35.1 Å². The summed E-state index contributed by atoms with van der Waals surface area (Å²) in [5.41, 5.74) is -1.05. The van der Waals surface area contributed by atoms with Gasteiger partial charge in [0.2, 0.25) is 17.7 Å². The van der Waals surface area contributed by atoms with Gasteiger partial charge in [-0.05, 0) is 51.0 Å². The van der Waals surface area contributed by atoms with Gasteiger partial charge in [0.05, 0.1) is 30.1 Å². The number of fused-ring (bicyclic) bond motifs is 1. The Hall–Kier alpha value is -2.97. The number of hydrogen-bond donors (Lipinski definition) is 1. The Morgan fingerprint density at radius 1 is 1.12 bits per heavy atom. The molecule has 1 N–H and O–H groups in total. The van der Waals surface area contributed by atoms with E-state index in [1.807, 2.05) is 58.0 Å². The SMILES string of the molecule is C=CCN(Cc1ccccc1)C(=O)[C@@H]1[C@H]2C(=O)N([C@@H](CO)CC(C)C)C(C(=O)N(CC=C)C(C)CCC)C23CC[C@@]1(C)O3. The van der Waals surface area contributed by atoms with Gasteiger partial charge in [-0.25, -0.2) is 0 Å². The van der Waals surface area contributed by atoms with Gasteiger partial charge in [-0.2, -0.15) is 0 Å². The third-order valence-corrected chi connectivity index (χ3v) is 9.79. The minimum Gasteiger partial charge on any atom is -0.394 e. The Kier molecular flexibility index (Phi) is 10.2. The molecule has 3 saturated heterocycles. The molecule has 0 saturated carbocycles. The lowest BCUT2D eigenvalue weighted by molar-refractivity contribution is -0.158. The first-order chi connectivity index (χ1) is 20.5. The number of aliphatic hydroxyl groups is 1. The maximum Gasteiger partial charge on any atom is 0.248 e. The maximum absolute atomic E-state index is 14.7. The Balaban J connectivity index is 1.81. The van der Waals surface area contributed by atoms with Crippen LogP contribution in [0.5, 0.6) is 0 Å². The molecule has 4 rings (SSSR count). The van der Waals surface area contributed by atoms with Crippen LogP contribution in [0.1, 0.15) is 72.3 Å². The number of benzene rings is 1. The summed E-state index contributed by atoms with van der Waals surface area (Å²) in [5, 5.41) is 10.6. The predicted octanol–water partition coefficient (Wildman–Crippen LogP) is 4.58. The van der Waals surface area contributed by atoms with Crippen LogP contribution in [0.15, 0.2) is 55.6 Å². The van der Waals surface area contributed by atoms with Crippen LogP contribution >= 0.6 is 0 Å². The van der Waals surface area contributed by atoms with Crippen molar-refractivity contribution < 1.29 is 24.2 Å². The second-order valence-electron chi connectivity index (χ2n) is 13.3. The van der Waals surface area contributed by atoms with Crippen molar-refractivity contribution in [3.63, 3.8) is 0 Å². The van der Waals surface area contributed by atoms with Crippen LogP contribution in [0.3, 0.4) is 0 Å². The largest absolute Gasteiger partial charge is 0.394 e. The zero-order valence-electron chi connectivity index (χ0n) is 26.7. The minimum atomic E-state index is -1.15. The summed E-state index contributed by atoms with van der Waals surface area (Å²) in [6.45, 7) is 18.7. The average Bonchev–Trinajstić information content (AvgIpc) is 3.54. The molecule has 1 spiro atoms. The van der Waals surface area contributed by atoms with E-state index in [4.69, 9.17) is 4.74 Å². The predicted molar refractivity (Wildman–Crippen MR) is 168 cm³/mol. The molecule has 0 aliphatic carbocycles. The number of likely N-dealkylation sites (tertiary alicyclic amines) is 1. The number of nitrogens with zero attached hydrogens (tertiary/aromatic N) is 3. The van der Waals surface area contributed by atoms with Crippen molar-refractivity contribution in [1.82, 2.24) is 14.7 Å². The smallest absolute Gasteiger partial charge is 0.248 e. The van der Waals surface area contributed by atoms with Crippen LogP contribution in [0.25, 0.3) is 0 Å². The first-order valence-corrected chi connectivity index (χ1v) is 16.0. The lowest BCUT2D eigenvalue weighted by Crippen LogP contribution is -2.60. The molecule has 3 unspecified atom stereocenters. The summed E-state index contributed by atoms with van der Waals surface area (Å²) in [6, 6.07) is 8.21. The number of hydrogen-bond acceptors (Lipinski definition) is 5. The minimum absolute atomic E-state index is 0.0684. The van der Waals surface area contributed by atoms with E-state index in [-0.39, 0.29) is 36.3 Å². The number of carbonyl (C=O) groups excluding carboxylic acids is 3. The van der Waals surface area contributed by atoms with Crippen LogP contribution in [0, 0.1) is 17.8 Å². The highest BCUT2D eigenvalue weighted by Crippen LogP contribution is 2.64. The fourth-order valence-electron chi connectivity index (χ4n) is 7.98. The molecule has 8 heteroatoms. The van der Waals surface area contributed by atoms with Crippen molar-refractivity contribution in [3.8, 4) is 0 Å². The third-order valence-electron chi connectivity index (χ3n) is 9.79. The van der Waals surface area contributed by atoms with Gasteiger partial charge in [0, 0.05) is 25.7 Å². The Bertz CT molecular complexity index is 1190. The summed E-state index contributed by atoms with van der Waals surface area (Å²) in [7, 11) is 0. The summed E-state index contributed by atoms with van der Waals surface area (Å²) in [6.07, 6.45) is 6.74. The van der Waals surface area contributed by atoms with Gasteiger partial charge in [0.15, 0.2) is 0 Å². The molecule has 3 amide bonds. The van der Waals surface area contributed by atoms with E-state index >= 15 is 0 Å². The van der Waals surface area contributed by atoms with Gasteiger partial charge in [0.1, 0.15) is 11.6 Å². The van der Waals surface area contributed by atoms with Crippen LogP contribution in [0.2, 0.25) is 0 Å². The van der Waals surface area contributed by atoms with Crippen molar-refractivity contribution in [1.29, 1.82) is 0 Å². The molecule has 3 fully saturated rings. The molecule has 43 heavy (non-hydrogen) atoms. The number of amides is 3. The van der Waals surface area contributed by atoms with Crippen molar-refractivity contribution in [2.45, 2.75) is 103 Å². The summed E-state index contributed by atoms with van der Waals surface area (Å²) in [4.78, 5) is 49.1. The molecule has 3 aliphatic rings. The molecule has 0 aromatic heterocycles. The zero-order chi connectivity index (χ0) is 31.5. The number of carbonyl (C=O) groups is 3. The first kappa shape index (κ1) is 32.9. The molecule has 236 valence electrons. The number of ether oxygens (including phenoxy) is 1. The molecular formula is C35H51N3O5. The van der Waals surface area contributed by atoms with Crippen molar-refractivity contribution >= 4 is 17.7 Å². The van der Waals surface area contributed by atoms with Crippen molar-refractivity contribution in [3.05, 3.63) is 61.2 Å². The van der Waals surface area contributed by atoms with Gasteiger partial charge < -0.3 is 24.5 Å². The topological polar surface area (TPSA) is 90.4 Å². The maximum atomic E-state index is 14.7. The third kappa shape index (κ3) is 5.93. The van der Waals surface area contributed by atoms with Crippen LogP contribution in [-0.2, 0) is 25.7 Å². The van der Waals surface area contributed by atoms with E-state index in [0.717, 1.165) is 18.4 Å². The lowest BCUT2D eigenvalue weighted by Gasteiger charge is -2.41. The van der Waals surface area contributed by atoms with E-state index in [9.17, 15) is 19.5 Å². The van der Waals surface area contributed by atoms with Crippen LogP contribution < -0.4 is 0 Å². The fraction of sp³-hybridized carbons (Fsp3) is 0.629. The quantitative estimate of drug-likeness (QED) is 0.301. The van der Waals surface area contributed by atoms with Crippen molar-refractivity contribution in [2.24, 2.45) is 17.8 Å². The number of aliphatic hydroxyl groups excluding tert-OH is 1. The standard InChI is InChI=1S/C35H51N3O5/c1-8-14-25(6)37(20-10-3)33(42)30-35-18-17-34(7,43-35)28(29(35)32(41)38(30)27(23-39)21-24(4)5)31(40)36(19-9-2)22-26-15-12-11-13-16-26/h9-13,15-16,24-25,27-30,39H,2-3,8,14,17-23H2,1,4-7H3/t25?,27-,28+,29+,30?,34-,35?/m1/s1. The van der Waals surface area contributed by atoms with Gasteiger partial charge in [-0.15, -0.1) is 13.2 Å². The average molecular weight is 594 g/mol.